The van der Waals surface area contributed by atoms with Crippen LogP contribution in [0.2, 0.25) is 0 Å². The molecule has 1 saturated heterocycles. The Kier molecular flexibility index (Phi) is 5.10. The van der Waals surface area contributed by atoms with Crippen molar-refractivity contribution in [2.45, 2.75) is 25.5 Å². The Hall–Kier alpha value is -2.41. The first-order valence-electron chi connectivity index (χ1n) is 8.17. The van der Waals surface area contributed by atoms with Crippen LogP contribution in [0.5, 0.6) is 0 Å². The number of hydrogen-bond acceptors (Lipinski definition) is 5. The van der Waals surface area contributed by atoms with E-state index < -0.39 is 0 Å². The minimum absolute atomic E-state index is 0.0140. The third-order valence-corrected chi connectivity index (χ3v) is 4.29. The van der Waals surface area contributed by atoms with Gasteiger partial charge in [-0.3, -0.25) is 9.67 Å². The first-order chi connectivity index (χ1) is 11.6. The highest BCUT2D eigenvalue weighted by Crippen LogP contribution is 2.18. The molecular weight excluding hydrogens is 306 g/mol. The Labute approximate surface area is 141 Å². The topological polar surface area (TPSA) is 72.3 Å². The summed E-state index contributed by atoms with van der Waals surface area (Å²) in [6.45, 7) is 2.33. The first-order valence-corrected chi connectivity index (χ1v) is 8.17. The number of alkyl carbamates (subject to hydrolysis) is 1. The van der Waals surface area contributed by atoms with Crippen molar-refractivity contribution < 1.29 is 9.53 Å². The SMILES string of the molecule is CN1CCC(OC(=O)NCc2cncc(-c3ccnn3C)c2)CC1. The van der Waals surface area contributed by atoms with Crippen LogP contribution in [0.25, 0.3) is 11.3 Å². The number of nitrogens with zero attached hydrogens (tertiary/aromatic N) is 4. The standard InChI is InChI=1S/C17H23N5O2/c1-21-7-4-15(5-8-21)24-17(23)19-11-13-9-14(12-18-10-13)16-3-6-20-22(16)2/h3,6,9-10,12,15H,4-5,7-8,11H2,1-2H3,(H,19,23). The fourth-order valence-electron chi connectivity index (χ4n) is 2.85. The Morgan fingerprint density at radius 1 is 1.33 bits per heavy atom. The van der Waals surface area contributed by atoms with Crippen molar-refractivity contribution in [2.75, 3.05) is 20.1 Å². The molecule has 0 bridgehead atoms. The van der Waals surface area contributed by atoms with Gasteiger partial charge in [0.2, 0.25) is 0 Å². The highest BCUT2D eigenvalue weighted by atomic mass is 16.6. The molecule has 1 aliphatic rings. The van der Waals surface area contributed by atoms with Crippen molar-refractivity contribution in [3.8, 4) is 11.3 Å². The van der Waals surface area contributed by atoms with Gasteiger partial charge in [-0.2, -0.15) is 5.10 Å². The Balaban J connectivity index is 1.53. The van der Waals surface area contributed by atoms with E-state index in [0.717, 1.165) is 42.8 Å². The van der Waals surface area contributed by atoms with E-state index in [-0.39, 0.29) is 12.2 Å². The fraction of sp³-hybridized carbons (Fsp3) is 0.471. The molecule has 0 spiro atoms. The normalized spacial score (nSPS) is 16.1. The predicted molar refractivity (Wildman–Crippen MR) is 90.3 cm³/mol. The van der Waals surface area contributed by atoms with Crippen LogP contribution in [0.4, 0.5) is 4.79 Å². The average Bonchev–Trinajstić information content (AvgIpc) is 3.01. The van der Waals surface area contributed by atoms with E-state index in [2.05, 4.69) is 27.3 Å². The molecule has 7 heteroatoms. The molecule has 3 rings (SSSR count). The van der Waals surface area contributed by atoms with Gasteiger partial charge in [0.25, 0.3) is 0 Å². The molecule has 0 radical (unpaired) electrons. The minimum Gasteiger partial charge on any atom is -0.446 e. The van der Waals surface area contributed by atoms with Crippen LogP contribution in [0, 0.1) is 0 Å². The highest BCUT2D eigenvalue weighted by Gasteiger charge is 2.20. The largest absolute Gasteiger partial charge is 0.446 e. The number of piperidine rings is 1. The first kappa shape index (κ1) is 16.4. The van der Waals surface area contributed by atoms with Gasteiger partial charge < -0.3 is 15.0 Å². The number of hydrogen-bond donors (Lipinski definition) is 1. The van der Waals surface area contributed by atoms with Crippen molar-refractivity contribution >= 4 is 6.09 Å². The van der Waals surface area contributed by atoms with Crippen LogP contribution >= 0.6 is 0 Å². The zero-order valence-corrected chi connectivity index (χ0v) is 14.1. The molecule has 2 aromatic heterocycles. The number of aromatic nitrogens is 3. The molecule has 2 aromatic rings. The quantitative estimate of drug-likeness (QED) is 0.926. The van der Waals surface area contributed by atoms with Crippen LogP contribution in [0.1, 0.15) is 18.4 Å². The van der Waals surface area contributed by atoms with Crippen LogP contribution < -0.4 is 5.32 Å². The monoisotopic (exact) mass is 329 g/mol. The lowest BCUT2D eigenvalue weighted by atomic mass is 10.1. The third-order valence-electron chi connectivity index (χ3n) is 4.29. The van der Waals surface area contributed by atoms with E-state index in [1.54, 1.807) is 23.3 Å². The van der Waals surface area contributed by atoms with Gasteiger partial charge in [0.15, 0.2) is 0 Å². The lowest BCUT2D eigenvalue weighted by Gasteiger charge is -2.28. The van der Waals surface area contributed by atoms with Gasteiger partial charge in [-0.05, 0) is 37.6 Å². The number of ether oxygens (including phenoxy) is 1. The molecule has 0 unspecified atom stereocenters. The van der Waals surface area contributed by atoms with Crippen LogP contribution in [0.15, 0.2) is 30.7 Å². The highest BCUT2D eigenvalue weighted by molar-refractivity contribution is 5.67. The summed E-state index contributed by atoms with van der Waals surface area (Å²) in [5.41, 5.74) is 2.88. The van der Waals surface area contributed by atoms with Gasteiger partial charge in [0.05, 0.1) is 5.69 Å². The molecule has 3 heterocycles. The molecule has 1 N–H and O–H groups in total. The summed E-state index contributed by atoms with van der Waals surface area (Å²) in [5.74, 6) is 0. The molecule has 128 valence electrons. The second kappa shape index (κ2) is 7.44. The maximum absolute atomic E-state index is 12.0. The molecule has 7 nitrogen and oxygen atoms in total. The van der Waals surface area contributed by atoms with Gasteiger partial charge in [-0.15, -0.1) is 0 Å². The van der Waals surface area contributed by atoms with Crippen LogP contribution in [-0.2, 0) is 18.3 Å². The van der Waals surface area contributed by atoms with Gasteiger partial charge in [-0.1, -0.05) is 0 Å². The van der Waals surface area contributed by atoms with E-state index in [1.807, 2.05) is 19.2 Å². The van der Waals surface area contributed by atoms with Crippen molar-refractivity contribution in [3.05, 3.63) is 36.3 Å². The number of carbonyl (C=O) groups is 1. The lowest BCUT2D eigenvalue weighted by molar-refractivity contribution is 0.0569. The average molecular weight is 329 g/mol. The maximum Gasteiger partial charge on any atom is 0.407 e. The van der Waals surface area contributed by atoms with E-state index in [0.29, 0.717) is 6.54 Å². The number of pyridine rings is 1. The Bertz CT molecular complexity index is 692. The minimum atomic E-state index is -0.365. The van der Waals surface area contributed by atoms with Gasteiger partial charge >= 0.3 is 6.09 Å². The van der Waals surface area contributed by atoms with Gasteiger partial charge in [0.1, 0.15) is 6.10 Å². The summed E-state index contributed by atoms with van der Waals surface area (Å²) in [5, 5.41) is 6.97. The molecule has 0 atom stereocenters. The Morgan fingerprint density at radius 2 is 2.12 bits per heavy atom. The van der Waals surface area contributed by atoms with E-state index in [1.165, 1.54) is 0 Å². The second-order valence-corrected chi connectivity index (χ2v) is 6.18. The summed E-state index contributed by atoms with van der Waals surface area (Å²) < 4.78 is 7.27. The van der Waals surface area contributed by atoms with Crippen molar-refractivity contribution in [1.82, 2.24) is 25.0 Å². The van der Waals surface area contributed by atoms with Gasteiger partial charge in [0, 0.05) is 50.8 Å². The smallest absolute Gasteiger partial charge is 0.407 e. The van der Waals surface area contributed by atoms with Gasteiger partial charge in [-0.25, -0.2) is 4.79 Å². The summed E-state index contributed by atoms with van der Waals surface area (Å²) in [4.78, 5) is 18.4. The molecule has 1 aliphatic heterocycles. The number of aryl methyl sites for hydroxylation is 1. The molecule has 24 heavy (non-hydrogen) atoms. The molecule has 1 fully saturated rings. The van der Waals surface area contributed by atoms with Crippen LogP contribution in [0.3, 0.4) is 0 Å². The van der Waals surface area contributed by atoms with Crippen molar-refractivity contribution in [2.24, 2.45) is 7.05 Å². The van der Waals surface area contributed by atoms with Crippen molar-refractivity contribution in [3.63, 3.8) is 0 Å². The number of amides is 1. The van der Waals surface area contributed by atoms with E-state index in [4.69, 9.17) is 4.74 Å². The number of likely N-dealkylation sites (tertiary alicyclic amines) is 1. The third kappa shape index (κ3) is 4.11. The maximum atomic E-state index is 12.0. The molecular formula is C17H23N5O2. The number of carbonyl (C=O) groups excluding carboxylic acids is 1. The van der Waals surface area contributed by atoms with E-state index in [9.17, 15) is 4.79 Å². The molecule has 0 aromatic carbocycles. The zero-order chi connectivity index (χ0) is 16.9. The fourth-order valence-corrected chi connectivity index (χ4v) is 2.85. The zero-order valence-electron chi connectivity index (χ0n) is 14.1. The molecule has 1 amide bonds. The Morgan fingerprint density at radius 3 is 2.83 bits per heavy atom. The summed E-state index contributed by atoms with van der Waals surface area (Å²) in [7, 11) is 3.97. The molecule has 0 saturated carbocycles. The second-order valence-electron chi connectivity index (χ2n) is 6.18. The van der Waals surface area contributed by atoms with E-state index >= 15 is 0 Å². The number of nitrogens with one attached hydrogen (secondary N) is 1. The number of rotatable bonds is 4. The summed E-state index contributed by atoms with van der Waals surface area (Å²) in [6, 6.07) is 3.93. The van der Waals surface area contributed by atoms with Crippen LogP contribution in [-0.4, -0.2) is 52.0 Å². The predicted octanol–water partition coefficient (Wildman–Crippen LogP) is 1.80. The lowest BCUT2D eigenvalue weighted by Crippen LogP contribution is -2.37. The van der Waals surface area contributed by atoms with Crippen molar-refractivity contribution in [1.29, 1.82) is 0 Å². The molecule has 0 aliphatic carbocycles. The summed E-state index contributed by atoms with van der Waals surface area (Å²) in [6.07, 6.45) is 6.71. The summed E-state index contributed by atoms with van der Waals surface area (Å²) >= 11 is 0.